The van der Waals surface area contributed by atoms with Gasteiger partial charge < -0.3 is 10.2 Å². The summed E-state index contributed by atoms with van der Waals surface area (Å²) >= 11 is 8.05. The average Bonchev–Trinajstić information content (AvgIpc) is 2.39. The van der Waals surface area contributed by atoms with E-state index in [0.29, 0.717) is 10.6 Å². The number of rotatable bonds is 7. The number of nitrogens with one attached hydrogen (secondary N) is 1. The SMILES string of the molecule is CCSCCCNc1cc(C(=O)N(C)C)ccc1Cl. The fourth-order valence-electron chi connectivity index (χ4n) is 1.59. The molecule has 0 aliphatic rings. The van der Waals surface area contributed by atoms with Crippen LogP contribution in [0.15, 0.2) is 18.2 Å². The minimum absolute atomic E-state index is 0.0127. The van der Waals surface area contributed by atoms with Gasteiger partial charge in [-0.2, -0.15) is 11.8 Å². The number of thioether (sulfide) groups is 1. The molecule has 1 N–H and O–H groups in total. The van der Waals surface area contributed by atoms with Gasteiger partial charge in [0.2, 0.25) is 0 Å². The molecule has 0 aliphatic heterocycles. The van der Waals surface area contributed by atoms with E-state index in [9.17, 15) is 4.79 Å². The summed E-state index contributed by atoms with van der Waals surface area (Å²) in [7, 11) is 3.48. The van der Waals surface area contributed by atoms with Gasteiger partial charge in [0.15, 0.2) is 0 Å². The molecule has 0 bridgehead atoms. The van der Waals surface area contributed by atoms with Crippen LogP contribution in [-0.4, -0.2) is 43.0 Å². The number of hydrogen-bond donors (Lipinski definition) is 1. The molecule has 0 fully saturated rings. The highest BCUT2D eigenvalue weighted by atomic mass is 35.5. The van der Waals surface area contributed by atoms with Crippen molar-refractivity contribution in [2.24, 2.45) is 0 Å². The number of carbonyl (C=O) groups is 1. The molecule has 0 heterocycles. The second kappa shape index (κ2) is 8.33. The van der Waals surface area contributed by atoms with Gasteiger partial charge in [-0.3, -0.25) is 4.79 Å². The lowest BCUT2D eigenvalue weighted by atomic mass is 10.2. The molecule has 1 aromatic carbocycles. The number of hydrogen-bond acceptors (Lipinski definition) is 3. The molecule has 1 rings (SSSR count). The zero-order chi connectivity index (χ0) is 14.3. The van der Waals surface area contributed by atoms with Crippen molar-refractivity contribution in [3.05, 3.63) is 28.8 Å². The second-order valence-electron chi connectivity index (χ2n) is 4.37. The quantitative estimate of drug-likeness (QED) is 0.781. The van der Waals surface area contributed by atoms with Crippen LogP contribution in [-0.2, 0) is 0 Å². The van der Waals surface area contributed by atoms with Crippen LogP contribution in [0.4, 0.5) is 5.69 Å². The lowest BCUT2D eigenvalue weighted by Crippen LogP contribution is -2.21. The summed E-state index contributed by atoms with van der Waals surface area (Å²) in [5.74, 6) is 2.27. The maximum atomic E-state index is 11.9. The number of nitrogens with zero attached hydrogens (tertiary/aromatic N) is 1. The van der Waals surface area contributed by atoms with Gasteiger partial charge in [-0.1, -0.05) is 18.5 Å². The molecule has 0 radical (unpaired) electrons. The number of halogens is 1. The van der Waals surface area contributed by atoms with Crippen molar-refractivity contribution in [3.63, 3.8) is 0 Å². The van der Waals surface area contributed by atoms with Gasteiger partial charge >= 0.3 is 0 Å². The lowest BCUT2D eigenvalue weighted by Gasteiger charge is -2.13. The van der Waals surface area contributed by atoms with Crippen molar-refractivity contribution < 1.29 is 4.79 Å². The zero-order valence-corrected chi connectivity index (χ0v) is 13.3. The molecule has 0 spiro atoms. The van der Waals surface area contributed by atoms with E-state index in [2.05, 4.69) is 12.2 Å². The molecule has 19 heavy (non-hydrogen) atoms. The van der Waals surface area contributed by atoms with Gasteiger partial charge in [-0.15, -0.1) is 0 Å². The molecule has 1 amide bonds. The van der Waals surface area contributed by atoms with Crippen LogP contribution in [0.2, 0.25) is 5.02 Å². The third-order valence-electron chi connectivity index (χ3n) is 2.60. The molecular formula is C14H21ClN2OS. The first-order chi connectivity index (χ1) is 9.06. The normalized spacial score (nSPS) is 10.3. The maximum Gasteiger partial charge on any atom is 0.253 e. The van der Waals surface area contributed by atoms with Crippen molar-refractivity contribution in [3.8, 4) is 0 Å². The van der Waals surface area contributed by atoms with Gasteiger partial charge in [0.25, 0.3) is 5.91 Å². The summed E-state index contributed by atoms with van der Waals surface area (Å²) < 4.78 is 0. The topological polar surface area (TPSA) is 32.3 Å². The predicted octanol–water partition coefficient (Wildman–Crippen LogP) is 3.60. The Balaban J connectivity index is 2.62. The first kappa shape index (κ1) is 16.2. The van der Waals surface area contributed by atoms with E-state index in [4.69, 9.17) is 11.6 Å². The maximum absolute atomic E-state index is 11.9. The third kappa shape index (κ3) is 5.33. The minimum Gasteiger partial charge on any atom is -0.384 e. The molecule has 0 saturated carbocycles. The van der Waals surface area contributed by atoms with Crippen molar-refractivity contribution in [2.75, 3.05) is 37.5 Å². The molecule has 3 nitrogen and oxygen atoms in total. The Morgan fingerprint density at radius 2 is 2.16 bits per heavy atom. The summed E-state index contributed by atoms with van der Waals surface area (Å²) in [5, 5.41) is 3.94. The van der Waals surface area contributed by atoms with E-state index >= 15 is 0 Å². The van der Waals surface area contributed by atoms with Gasteiger partial charge in [0, 0.05) is 26.2 Å². The van der Waals surface area contributed by atoms with Gasteiger partial charge in [-0.25, -0.2) is 0 Å². The molecule has 0 unspecified atom stereocenters. The Morgan fingerprint density at radius 3 is 2.79 bits per heavy atom. The van der Waals surface area contributed by atoms with Crippen molar-refractivity contribution >= 4 is 35.0 Å². The Morgan fingerprint density at radius 1 is 1.42 bits per heavy atom. The highest BCUT2D eigenvalue weighted by molar-refractivity contribution is 7.99. The molecule has 5 heteroatoms. The van der Waals surface area contributed by atoms with E-state index < -0.39 is 0 Å². The molecule has 106 valence electrons. The Kier molecular flexibility index (Phi) is 7.10. The van der Waals surface area contributed by atoms with E-state index in [1.807, 2.05) is 17.8 Å². The van der Waals surface area contributed by atoms with E-state index in [-0.39, 0.29) is 5.91 Å². The van der Waals surface area contributed by atoms with Crippen LogP contribution in [0.3, 0.4) is 0 Å². The summed E-state index contributed by atoms with van der Waals surface area (Å²) in [5.41, 5.74) is 1.48. The van der Waals surface area contributed by atoms with Crippen LogP contribution in [0.1, 0.15) is 23.7 Å². The number of carbonyl (C=O) groups excluding carboxylic acids is 1. The minimum atomic E-state index is -0.0127. The van der Waals surface area contributed by atoms with E-state index in [1.54, 1.807) is 31.1 Å². The highest BCUT2D eigenvalue weighted by Gasteiger charge is 2.10. The standard InChI is InChI=1S/C14H21ClN2OS/c1-4-19-9-5-8-16-13-10-11(6-7-12(13)15)14(18)17(2)3/h6-7,10,16H,4-5,8-9H2,1-3H3. The lowest BCUT2D eigenvalue weighted by molar-refractivity contribution is 0.0827. The first-order valence-electron chi connectivity index (χ1n) is 6.39. The van der Waals surface area contributed by atoms with Crippen molar-refractivity contribution in [2.45, 2.75) is 13.3 Å². The van der Waals surface area contributed by atoms with Gasteiger partial charge in [0.1, 0.15) is 0 Å². The molecule has 0 atom stereocenters. The largest absolute Gasteiger partial charge is 0.384 e. The number of anilines is 1. The fraction of sp³-hybridized carbons (Fsp3) is 0.500. The number of benzene rings is 1. The van der Waals surface area contributed by atoms with Crippen LogP contribution < -0.4 is 5.32 Å². The summed E-state index contributed by atoms with van der Waals surface area (Å²) in [6, 6.07) is 5.34. The van der Waals surface area contributed by atoms with E-state index in [1.165, 1.54) is 0 Å². The Hall–Kier alpha value is -0.870. The first-order valence-corrected chi connectivity index (χ1v) is 7.92. The monoisotopic (exact) mass is 300 g/mol. The van der Waals surface area contributed by atoms with Crippen LogP contribution in [0.5, 0.6) is 0 Å². The summed E-state index contributed by atoms with van der Waals surface area (Å²) in [6.45, 7) is 3.03. The Labute approximate surface area is 124 Å². The van der Waals surface area contributed by atoms with Crippen LogP contribution in [0.25, 0.3) is 0 Å². The zero-order valence-electron chi connectivity index (χ0n) is 11.7. The average molecular weight is 301 g/mol. The van der Waals surface area contributed by atoms with Crippen LogP contribution in [0, 0.1) is 0 Å². The number of amides is 1. The molecule has 0 aliphatic carbocycles. The Bertz CT molecular complexity index is 424. The van der Waals surface area contributed by atoms with Crippen LogP contribution >= 0.6 is 23.4 Å². The smallest absolute Gasteiger partial charge is 0.253 e. The molecular weight excluding hydrogens is 280 g/mol. The second-order valence-corrected chi connectivity index (χ2v) is 6.17. The van der Waals surface area contributed by atoms with Gasteiger partial charge in [-0.05, 0) is 36.1 Å². The van der Waals surface area contributed by atoms with Crippen molar-refractivity contribution in [1.82, 2.24) is 4.90 Å². The molecule has 0 aromatic heterocycles. The predicted molar refractivity (Wildman–Crippen MR) is 85.6 cm³/mol. The molecule has 0 saturated heterocycles. The van der Waals surface area contributed by atoms with Gasteiger partial charge in [0.05, 0.1) is 10.7 Å². The van der Waals surface area contributed by atoms with Crippen molar-refractivity contribution in [1.29, 1.82) is 0 Å². The summed E-state index contributed by atoms with van der Waals surface area (Å²) in [4.78, 5) is 13.4. The fourth-order valence-corrected chi connectivity index (χ4v) is 2.42. The highest BCUT2D eigenvalue weighted by Crippen LogP contribution is 2.23. The molecule has 1 aromatic rings. The summed E-state index contributed by atoms with van der Waals surface area (Å²) in [6.07, 6.45) is 1.08. The third-order valence-corrected chi connectivity index (χ3v) is 3.92. The van der Waals surface area contributed by atoms with E-state index in [0.717, 1.165) is 30.2 Å².